The molecule has 0 saturated heterocycles. The van der Waals surface area contributed by atoms with Crippen LogP contribution in [0, 0.1) is 6.92 Å². The van der Waals surface area contributed by atoms with Gasteiger partial charge in [-0.25, -0.2) is 15.0 Å². The normalized spacial score (nSPS) is 13.4. The quantitative estimate of drug-likeness (QED) is 0.459. The van der Waals surface area contributed by atoms with E-state index >= 15 is 0 Å². The first kappa shape index (κ1) is 18.3. The lowest BCUT2D eigenvalue weighted by Crippen LogP contribution is -2.25. The first-order valence-electron chi connectivity index (χ1n) is 10.1. The van der Waals surface area contributed by atoms with E-state index in [4.69, 9.17) is 0 Å². The van der Waals surface area contributed by atoms with E-state index < -0.39 is 0 Å². The van der Waals surface area contributed by atoms with Crippen LogP contribution in [0.15, 0.2) is 54.6 Å². The molecular formula is C23H22N6O. The van der Waals surface area contributed by atoms with Crippen LogP contribution in [0.3, 0.4) is 0 Å². The molecule has 2 aromatic heterocycles. The lowest BCUT2D eigenvalue weighted by atomic mass is 10.1. The number of hydrogen-bond donors (Lipinski definition) is 3. The summed E-state index contributed by atoms with van der Waals surface area (Å²) in [6, 6.07) is 17.6. The minimum Gasteiger partial charge on any atom is -0.363 e. The highest BCUT2D eigenvalue weighted by molar-refractivity contribution is 5.95. The number of para-hydroxylation sites is 2. The molecule has 0 aliphatic heterocycles. The van der Waals surface area contributed by atoms with Crippen molar-refractivity contribution in [2.24, 2.45) is 0 Å². The molecule has 1 fully saturated rings. The van der Waals surface area contributed by atoms with E-state index in [1.54, 1.807) is 0 Å². The molecule has 2 heterocycles. The molecule has 5 rings (SSSR count). The predicted molar refractivity (Wildman–Crippen MR) is 116 cm³/mol. The Morgan fingerprint density at radius 2 is 1.87 bits per heavy atom. The number of fused-ring (bicyclic) bond motifs is 1. The van der Waals surface area contributed by atoms with Crippen LogP contribution in [0.4, 0.5) is 5.82 Å². The molecule has 7 nitrogen and oxygen atoms in total. The second kappa shape index (κ2) is 7.59. The standard InChI is InChI=1S/C23H22N6O/c1-14-12-20(24-13-21-27-18-4-2-3-5-19(18)28-21)29-22(25-14)15-6-8-16(9-7-15)23(30)26-17-10-11-17/h2-9,12,17H,10-11,13H2,1H3,(H,26,30)(H,27,28)(H,24,25,29). The molecule has 0 atom stereocenters. The fraction of sp³-hybridized carbons (Fsp3) is 0.217. The number of nitrogens with zero attached hydrogens (tertiary/aromatic N) is 3. The molecular weight excluding hydrogens is 376 g/mol. The molecule has 0 bridgehead atoms. The summed E-state index contributed by atoms with van der Waals surface area (Å²) in [5.41, 5.74) is 4.34. The Hall–Kier alpha value is -3.74. The molecule has 30 heavy (non-hydrogen) atoms. The van der Waals surface area contributed by atoms with E-state index in [1.807, 2.05) is 61.5 Å². The van der Waals surface area contributed by atoms with E-state index in [0.717, 1.165) is 46.8 Å². The molecule has 7 heteroatoms. The van der Waals surface area contributed by atoms with Gasteiger partial charge in [0.05, 0.1) is 17.6 Å². The lowest BCUT2D eigenvalue weighted by molar-refractivity contribution is 0.0951. The number of amides is 1. The number of aryl methyl sites for hydroxylation is 1. The number of benzene rings is 2. The van der Waals surface area contributed by atoms with Crippen molar-refractivity contribution in [2.75, 3.05) is 5.32 Å². The van der Waals surface area contributed by atoms with E-state index in [1.165, 1.54) is 0 Å². The highest BCUT2D eigenvalue weighted by atomic mass is 16.1. The number of nitrogens with one attached hydrogen (secondary N) is 3. The van der Waals surface area contributed by atoms with Gasteiger partial charge in [0.25, 0.3) is 5.91 Å². The molecule has 1 saturated carbocycles. The molecule has 1 aliphatic rings. The number of H-pyrrole nitrogens is 1. The zero-order valence-corrected chi connectivity index (χ0v) is 16.6. The topological polar surface area (TPSA) is 95.6 Å². The van der Waals surface area contributed by atoms with Gasteiger partial charge in [0, 0.05) is 28.9 Å². The highest BCUT2D eigenvalue weighted by Crippen LogP contribution is 2.21. The van der Waals surface area contributed by atoms with Gasteiger partial charge < -0.3 is 15.6 Å². The number of anilines is 1. The van der Waals surface area contributed by atoms with Crippen LogP contribution < -0.4 is 10.6 Å². The SMILES string of the molecule is Cc1cc(NCc2nc3ccccc3[nH]2)nc(-c2ccc(C(=O)NC3CC3)cc2)n1. The van der Waals surface area contributed by atoms with Crippen LogP contribution in [0.1, 0.15) is 34.7 Å². The first-order chi connectivity index (χ1) is 14.6. The van der Waals surface area contributed by atoms with Crippen molar-refractivity contribution >= 4 is 22.8 Å². The number of aromatic nitrogens is 4. The van der Waals surface area contributed by atoms with Crippen LogP contribution in [0.25, 0.3) is 22.4 Å². The largest absolute Gasteiger partial charge is 0.363 e. The van der Waals surface area contributed by atoms with Crippen LogP contribution in [0.2, 0.25) is 0 Å². The molecule has 4 aromatic rings. The Kier molecular flexibility index (Phi) is 4.63. The van der Waals surface area contributed by atoms with Crippen molar-refractivity contribution in [3.8, 4) is 11.4 Å². The Bertz CT molecular complexity index is 1180. The van der Waals surface area contributed by atoms with Crippen LogP contribution in [0.5, 0.6) is 0 Å². The van der Waals surface area contributed by atoms with Crippen LogP contribution >= 0.6 is 0 Å². The molecule has 1 amide bonds. The van der Waals surface area contributed by atoms with Gasteiger partial charge in [0.15, 0.2) is 5.82 Å². The summed E-state index contributed by atoms with van der Waals surface area (Å²) in [6.45, 7) is 2.47. The lowest BCUT2D eigenvalue weighted by Gasteiger charge is -2.09. The van der Waals surface area contributed by atoms with Gasteiger partial charge in [-0.1, -0.05) is 24.3 Å². The minimum absolute atomic E-state index is 0.0256. The van der Waals surface area contributed by atoms with Crippen molar-refractivity contribution in [2.45, 2.75) is 32.4 Å². The van der Waals surface area contributed by atoms with Crippen LogP contribution in [-0.4, -0.2) is 31.9 Å². The third-order valence-corrected chi connectivity index (χ3v) is 5.05. The third-order valence-electron chi connectivity index (χ3n) is 5.05. The number of imidazole rings is 1. The summed E-state index contributed by atoms with van der Waals surface area (Å²) >= 11 is 0. The van der Waals surface area contributed by atoms with Gasteiger partial charge in [-0.15, -0.1) is 0 Å². The summed E-state index contributed by atoms with van der Waals surface area (Å²) in [5.74, 6) is 2.17. The summed E-state index contributed by atoms with van der Waals surface area (Å²) in [5, 5.41) is 6.32. The maximum Gasteiger partial charge on any atom is 0.251 e. The Morgan fingerprint density at radius 1 is 1.07 bits per heavy atom. The number of hydrogen-bond acceptors (Lipinski definition) is 5. The maximum absolute atomic E-state index is 12.2. The second-order valence-electron chi connectivity index (χ2n) is 7.60. The molecule has 150 valence electrons. The molecule has 1 aliphatic carbocycles. The van der Waals surface area contributed by atoms with Crippen molar-refractivity contribution in [3.05, 3.63) is 71.7 Å². The Labute approximate surface area is 174 Å². The third kappa shape index (κ3) is 4.00. The number of rotatable bonds is 6. The zero-order chi connectivity index (χ0) is 20.5. The molecule has 3 N–H and O–H groups in total. The first-order valence-corrected chi connectivity index (χ1v) is 10.1. The highest BCUT2D eigenvalue weighted by Gasteiger charge is 2.23. The molecule has 0 radical (unpaired) electrons. The average molecular weight is 398 g/mol. The van der Waals surface area contributed by atoms with Gasteiger partial charge in [0.1, 0.15) is 11.6 Å². The van der Waals surface area contributed by atoms with Crippen molar-refractivity contribution in [1.82, 2.24) is 25.3 Å². The van der Waals surface area contributed by atoms with E-state index in [2.05, 4.69) is 30.6 Å². The van der Waals surface area contributed by atoms with Crippen molar-refractivity contribution in [3.63, 3.8) is 0 Å². The molecule has 2 aromatic carbocycles. The predicted octanol–water partition coefficient (Wildman–Crippen LogP) is 3.83. The summed E-state index contributed by atoms with van der Waals surface area (Å²) in [4.78, 5) is 29.3. The Morgan fingerprint density at radius 3 is 2.63 bits per heavy atom. The number of carbonyl (C=O) groups excluding carboxylic acids is 1. The maximum atomic E-state index is 12.2. The molecule has 0 unspecified atom stereocenters. The van der Waals surface area contributed by atoms with Gasteiger partial charge in [-0.2, -0.15) is 0 Å². The van der Waals surface area contributed by atoms with E-state index in [0.29, 0.717) is 24.0 Å². The van der Waals surface area contributed by atoms with Gasteiger partial charge in [-0.05, 0) is 44.0 Å². The van der Waals surface area contributed by atoms with Crippen molar-refractivity contribution in [1.29, 1.82) is 0 Å². The second-order valence-corrected chi connectivity index (χ2v) is 7.60. The summed E-state index contributed by atoms with van der Waals surface area (Å²) in [7, 11) is 0. The van der Waals surface area contributed by atoms with Gasteiger partial charge in [0.2, 0.25) is 0 Å². The number of carbonyl (C=O) groups is 1. The summed E-state index contributed by atoms with van der Waals surface area (Å²) in [6.07, 6.45) is 2.15. The summed E-state index contributed by atoms with van der Waals surface area (Å²) < 4.78 is 0. The van der Waals surface area contributed by atoms with Crippen molar-refractivity contribution < 1.29 is 4.79 Å². The van der Waals surface area contributed by atoms with Gasteiger partial charge >= 0.3 is 0 Å². The van der Waals surface area contributed by atoms with Crippen LogP contribution in [-0.2, 0) is 6.54 Å². The number of aromatic amines is 1. The fourth-order valence-electron chi connectivity index (χ4n) is 3.32. The Balaban J connectivity index is 1.31. The van der Waals surface area contributed by atoms with E-state index in [-0.39, 0.29) is 5.91 Å². The molecule has 0 spiro atoms. The monoisotopic (exact) mass is 398 g/mol. The fourth-order valence-corrected chi connectivity index (χ4v) is 3.32. The smallest absolute Gasteiger partial charge is 0.251 e. The zero-order valence-electron chi connectivity index (χ0n) is 16.6. The van der Waals surface area contributed by atoms with Gasteiger partial charge in [-0.3, -0.25) is 4.79 Å². The van der Waals surface area contributed by atoms with E-state index in [9.17, 15) is 4.79 Å². The average Bonchev–Trinajstić information content (AvgIpc) is 3.47. The minimum atomic E-state index is -0.0256.